The average molecular weight is 237 g/mol. The van der Waals surface area contributed by atoms with Crippen LogP contribution >= 0.6 is 0 Å². The van der Waals surface area contributed by atoms with E-state index in [1.54, 1.807) is 0 Å². The number of anilines is 1. The lowest BCUT2D eigenvalue weighted by atomic mass is 9.99. The van der Waals surface area contributed by atoms with Gasteiger partial charge in [-0.15, -0.1) is 0 Å². The molecule has 0 aliphatic carbocycles. The Hall–Kier alpha value is -2.02. The lowest BCUT2D eigenvalue weighted by molar-refractivity contribution is 1.11. The molecule has 1 N–H and O–H groups in total. The molecule has 0 saturated carbocycles. The van der Waals surface area contributed by atoms with Crippen molar-refractivity contribution in [1.29, 1.82) is 0 Å². The van der Waals surface area contributed by atoms with E-state index in [0.717, 1.165) is 17.8 Å². The predicted octanol–water partition coefficient (Wildman–Crippen LogP) is 5.00. The van der Waals surface area contributed by atoms with Gasteiger partial charge in [0.15, 0.2) is 0 Å². The molecule has 0 bridgehead atoms. The monoisotopic (exact) mass is 237 g/mol. The van der Waals surface area contributed by atoms with Gasteiger partial charge in [0.1, 0.15) is 0 Å². The highest BCUT2D eigenvalue weighted by molar-refractivity contribution is 5.80. The third-order valence-electron chi connectivity index (χ3n) is 3.10. The Morgan fingerprint density at radius 2 is 1.61 bits per heavy atom. The quantitative estimate of drug-likeness (QED) is 0.789. The van der Waals surface area contributed by atoms with Gasteiger partial charge in [-0.3, -0.25) is 0 Å². The first-order valence-corrected chi connectivity index (χ1v) is 6.32. The zero-order valence-electron chi connectivity index (χ0n) is 11.0. The van der Waals surface area contributed by atoms with Gasteiger partial charge in [0.2, 0.25) is 0 Å². The highest BCUT2D eigenvalue weighted by atomic mass is 14.9. The van der Waals surface area contributed by atoms with Crippen molar-refractivity contribution < 1.29 is 0 Å². The Morgan fingerprint density at radius 3 is 2.28 bits per heavy atom. The summed E-state index contributed by atoms with van der Waals surface area (Å²) < 4.78 is 0. The maximum atomic E-state index is 4.01. The number of benzene rings is 2. The van der Waals surface area contributed by atoms with Crippen LogP contribution in [0.4, 0.5) is 5.69 Å². The van der Waals surface area contributed by atoms with Crippen LogP contribution in [0.15, 0.2) is 60.8 Å². The minimum absolute atomic E-state index is 0.933. The molecule has 92 valence electrons. The molecule has 0 amide bonds. The Bertz CT molecular complexity index is 555. The summed E-state index contributed by atoms with van der Waals surface area (Å²) in [5.41, 5.74) is 5.94. The largest absolute Gasteiger partial charge is 0.359 e. The number of aryl methyl sites for hydroxylation is 1. The normalized spacial score (nSPS) is 10.1. The van der Waals surface area contributed by atoms with Crippen LogP contribution in [0, 0.1) is 6.92 Å². The molecule has 0 radical (unpaired) electrons. The van der Waals surface area contributed by atoms with Gasteiger partial charge >= 0.3 is 0 Å². The van der Waals surface area contributed by atoms with Crippen molar-refractivity contribution in [1.82, 2.24) is 0 Å². The van der Waals surface area contributed by atoms with Crippen LogP contribution in [0.2, 0.25) is 0 Å². The molecule has 0 saturated heterocycles. The predicted molar refractivity (Wildman–Crippen MR) is 79.7 cm³/mol. The van der Waals surface area contributed by atoms with Crippen LogP contribution in [-0.4, -0.2) is 0 Å². The molecule has 0 aliphatic rings. The molecule has 0 aliphatic heterocycles. The Morgan fingerprint density at radius 1 is 1.00 bits per heavy atom. The smallest absolute Gasteiger partial charge is 0.0461 e. The van der Waals surface area contributed by atoms with Gasteiger partial charge < -0.3 is 5.32 Å². The molecule has 0 atom stereocenters. The number of hydrogen-bond acceptors (Lipinski definition) is 1. The van der Waals surface area contributed by atoms with Gasteiger partial charge in [-0.25, -0.2) is 0 Å². The van der Waals surface area contributed by atoms with Crippen LogP contribution in [0.25, 0.3) is 11.1 Å². The highest BCUT2D eigenvalue weighted by Crippen LogP contribution is 2.30. The molecule has 0 unspecified atom stereocenters. The fourth-order valence-electron chi connectivity index (χ4n) is 1.98. The van der Waals surface area contributed by atoms with E-state index in [0.29, 0.717) is 0 Å². The molecule has 1 nitrogen and oxygen atoms in total. The zero-order valence-corrected chi connectivity index (χ0v) is 11.0. The Labute approximate surface area is 109 Å². The van der Waals surface area contributed by atoms with E-state index in [1.807, 2.05) is 6.07 Å². The van der Waals surface area contributed by atoms with Crippen molar-refractivity contribution in [3.8, 4) is 11.1 Å². The van der Waals surface area contributed by atoms with Crippen LogP contribution < -0.4 is 5.32 Å². The van der Waals surface area contributed by atoms with Gasteiger partial charge in [-0.2, -0.15) is 0 Å². The summed E-state index contributed by atoms with van der Waals surface area (Å²) in [7, 11) is 0. The lowest BCUT2D eigenvalue weighted by Gasteiger charge is -2.14. The van der Waals surface area contributed by atoms with Gasteiger partial charge in [-0.1, -0.05) is 56.0 Å². The van der Waals surface area contributed by atoms with Crippen molar-refractivity contribution in [2.24, 2.45) is 0 Å². The summed E-state index contributed by atoms with van der Waals surface area (Å²) in [5.74, 6) is 0. The maximum absolute atomic E-state index is 4.01. The van der Waals surface area contributed by atoms with E-state index in [-0.39, 0.29) is 0 Å². The number of allylic oxidation sites excluding steroid dienone is 1. The molecular formula is C17H19N. The van der Waals surface area contributed by atoms with E-state index >= 15 is 0 Å². The molecular weight excluding hydrogens is 218 g/mol. The second-order valence-electron chi connectivity index (χ2n) is 4.44. The fraction of sp³-hybridized carbons (Fsp3) is 0.176. The minimum Gasteiger partial charge on any atom is -0.359 e. The van der Waals surface area contributed by atoms with Crippen molar-refractivity contribution in [2.75, 3.05) is 5.32 Å². The summed E-state index contributed by atoms with van der Waals surface area (Å²) in [6, 6.07) is 16.8. The molecule has 2 aromatic rings. The van der Waals surface area contributed by atoms with Crippen LogP contribution in [-0.2, 0) is 0 Å². The van der Waals surface area contributed by atoms with Crippen LogP contribution in [0.5, 0.6) is 0 Å². The van der Waals surface area contributed by atoms with Crippen LogP contribution in [0.1, 0.15) is 18.9 Å². The molecule has 0 aromatic heterocycles. The zero-order chi connectivity index (χ0) is 13.0. The van der Waals surface area contributed by atoms with Gasteiger partial charge in [-0.05, 0) is 30.5 Å². The second-order valence-corrected chi connectivity index (χ2v) is 4.44. The summed E-state index contributed by atoms with van der Waals surface area (Å²) in [6.07, 6.45) is 0.933. The van der Waals surface area contributed by atoms with Crippen molar-refractivity contribution in [3.05, 3.63) is 66.4 Å². The summed E-state index contributed by atoms with van der Waals surface area (Å²) in [6.45, 7) is 8.26. The first-order chi connectivity index (χ1) is 8.72. The summed E-state index contributed by atoms with van der Waals surface area (Å²) in [4.78, 5) is 0. The van der Waals surface area contributed by atoms with E-state index in [9.17, 15) is 0 Å². The molecule has 0 heterocycles. The fourth-order valence-corrected chi connectivity index (χ4v) is 1.98. The average Bonchev–Trinajstić information content (AvgIpc) is 2.40. The topological polar surface area (TPSA) is 12.0 Å². The maximum Gasteiger partial charge on any atom is 0.0461 e. The molecule has 18 heavy (non-hydrogen) atoms. The number of rotatable bonds is 4. The molecule has 2 rings (SSSR count). The summed E-state index contributed by atoms with van der Waals surface area (Å²) in [5, 5.41) is 3.39. The number of nitrogens with one attached hydrogen (secondary N) is 1. The van der Waals surface area contributed by atoms with Gasteiger partial charge in [0, 0.05) is 16.9 Å². The van der Waals surface area contributed by atoms with Crippen molar-refractivity contribution >= 4 is 5.69 Å². The standard InChI is InChI=1S/C17H19N/c1-4-14(3)18-17-12-8-7-11-16(17)15-10-6-5-9-13(15)2/h5-12,18H,3-4H2,1-2H3. The number of para-hydroxylation sites is 1. The van der Waals surface area contributed by atoms with E-state index in [4.69, 9.17) is 0 Å². The molecule has 2 aromatic carbocycles. The van der Waals surface area contributed by atoms with E-state index in [2.05, 4.69) is 68.2 Å². The molecule has 0 fully saturated rings. The van der Waals surface area contributed by atoms with E-state index < -0.39 is 0 Å². The Kier molecular flexibility index (Phi) is 3.83. The first kappa shape index (κ1) is 12.4. The lowest BCUT2D eigenvalue weighted by Crippen LogP contribution is -1.98. The first-order valence-electron chi connectivity index (χ1n) is 6.32. The van der Waals surface area contributed by atoms with Crippen LogP contribution in [0.3, 0.4) is 0 Å². The number of hydrogen-bond donors (Lipinski definition) is 1. The third kappa shape index (κ3) is 2.62. The Balaban J connectivity index is 2.45. The molecule has 1 heteroatoms. The van der Waals surface area contributed by atoms with Gasteiger partial charge in [0.25, 0.3) is 0 Å². The highest BCUT2D eigenvalue weighted by Gasteiger charge is 2.06. The van der Waals surface area contributed by atoms with E-state index in [1.165, 1.54) is 16.7 Å². The second kappa shape index (κ2) is 5.54. The van der Waals surface area contributed by atoms with Gasteiger partial charge in [0.05, 0.1) is 0 Å². The molecule has 0 spiro atoms. The third-order valence-corrected chi connectivity index (χ3v) is 3.10. The SMILES string of the molecule is C=C(CC)Nc1ccccc1-c1ccccc1C. The summed E-state index contributed by atoms with van der Waals surface area (Å²) >= 11 is 0. The van der Waals surface area contributed by atoms with Crippen molar-refractivity contribution in [3.63, 3.8) is 0 Å². The minimum atomic E-state index is 0.933. The van der Waals surface area contributed by atoms with Crippen molar-refractivity contribution in [2.45, 2.75) is 20.3 Å².